The highest BCUT2D eigenvalue weighted by molar-refractivity contribution is 5.34. The summed E-state index contributed by atoms with van der Waals surface area (Å²) in [6.45, 7) is 0.613. The van der Waals surface area contributed by atoms with E-state index in [-0.39, 0.29) is 12.4 Å². The molecule has 18 heavy (non-hydrogen) atoms. The largest absolute Gasteiger partial charge is 0.373 e. The SMILES string of the molecule is CNc1cccc(COCc2ccccc2F)n1. The van der Waals surface area contributed by atoms with Crippen molar-refractivity contribution in [2.75, 3.05) is 12.4 Å². The highest BCUT2D eigenvalue weighted by atomic mass is 19.1. The third-order valence-electron chi connectivity index (χ3n) is 2.53. The van der Waals surface area contributed by atoms with Crippen LogP contribution < -0.4 is 5.32 Å². The number of nitrogens with zero attached hydrogens (tertiary/aromatic N) is 1. The molecule has 0 unspecified atom stereocenters. The molecule has 0 radical (unpaired) electrons. The van der Waals surface area contributed by atoms with Gasteiger partial charge in [0.2, 0.25) is 0 Å². The van der Waals surface area contributed by atoms with E-state index >= 15 is 0 Å². The molecule has 0 amide bonds. The molecule has 0 aliphatic rings. The molecule has 0 atom stereocenters. The van der Waals surface area contributed by atoms with Crippen LogP contribution in [0.4, 0.5) is 10.2 Å². The third kappa shape index (κ3) is 3.28. The van der Waals surface area contributed by atoms with Gasteiger partial charge in [-0.2, -0.15) is 0 Å². The van der Waals surface area contributed by atoms with E-state index in [0.717, 1.165) is 11.5 Å². The smallest absolute Gasteiger partial charge is 0.128 e. The zero-order valence-corrected chi connectivity index (χ0v) is 10.2. The first-order valence-electron chi connectivity index (χ1n) is 5.74. The van der Waals surface area contributed by atoms with Crippen molar-refractivity contribution in [2.24, 2.45) is 0 Å². The van der Waals surface area contributed by atoms with Crippen molar-refractivity contribution in [2.45, 2.75) is 13.2 Å². The van der Waals surface area contributed by atoms with Gasteiger partial charge >= 0.3 is 0 Å². The number of nitrogens with one attached hydrogen (secondary N) is 1. The van der Waals surface area contributed by atoms with Crippen LogP contribution in [0.3, 0.4) is 0 Å². The van der Waals surface area contributed by atoms with E-state index < -0.39 is 0 Å². The summed E-state index contributed by atoms with van der Waals surface area (Å²) in [6, 6.07) is 12.3. The molecule has 1 aromatic heterocycles. The molecule has 3 nitrogen and oxygen atoms in total. The van der Waals surface area contributed by atoms with Gasteiger partial charge < -0.3 is 10.1 Å². The summed E-state index contributed by atoms with van der Waals surface area (Å²) in [6.07, 6.45) is 0. The molecule has 0 fully saturated rings. The maximum Gasteiger partial charge on any atom is 0.128 e. The number of hydrogen-bond acceptors (Lipinski definition) is 3. The lowest BCUT2D eigenvalue weighted by molar-refractivity contribution is 0.102. The lowest BCUT2D eigenvalue weighted by atomic mass is 10.2. The predicted octanol–water partition coefficient (Wildman–Crippen LogP) is 2.98. The van der Waals surface area contributed by atoms with Gasteiger partial charge in [-0.05, 0) is 18.2 Å². The first-order valence-corrected chi connectivity index (χ1v) is 5.74. The number of pyridine rings is 1. The Morgan fingerprint density at radius 3 is 2.72 bits per heavy atom. The van der Waals surface area contributed by atoms with E-state index in [9.17, 15) is 4.39 Å². The first-order chi connectivity index (χ1) is 8.79. The van der Waals surface area contributed by atoms with Crippen LogP contribution in [-0.2, 0) is 18.0 Å². The standard InChI is InChI=1S/C14H15FN2O/c1-16-14-8-4-6-12(17-14)10-18-9-11-5-2-3-7-13(11)15/h2-8H,9-10H2,1H3,(H,16,17). The molecular weight excluding hydrogens is 231 g/mol. The van der Waals surface area contributed by atoms with Crippen LogP contribution in [0.1, 0.15) is 11.3 Å². The van der Waals surface area contributed by atoms with Crippen molar-refractivity contribution in [3.63, 3.8) is 0 Å². The second kappa shape index (κ2) is 6.12. The molecule has 2 rings (SSSR count). The highest BCUT2D eigenvalue weighted by Crippen LogP contribution is 2.10. The summed E-state index contributed by atoms with van der Waals surface area (Å²) in [5, 5.41) is 2.96. The van der Waals surface area contributed by atoms with Gasteiger partial charge in [-0.3, -0.25) is 0 Å². The van der Waals surface area contributed by atoms with Crippen molar-refractivity contribution in [3.8, 4) is 0 Å². The van der Waals surface area contributed by atoms with Crippen LogP contribution in [-0.4, -0.2) is 12.0 Å². The van der Waals surface area contributed by atoms with Crippen LogP contribution in [0.15, 0.2) is 42.5 Å². The average molecular weight is 246 g/mol. The Bertz CT molecular complexity index is 517. The van der Waals surface area contributed by atoms with Gasteiger partial charge in [0.25, 0.3) is 0 Å². The van der Waals surface area contributed by atoms with Crippen LogP contribution in [0.25, 0.3) is 0 Å². The van der Waals surface area contributed by atoms with Crippen molar-refractivity contribution >= 4 is 5.82 Å². The van der Waals surface area contributed by atoms with Gasteiger partial charge in [0.05, 0.1) is 18.9 Å². The Hall–Kier alpha value is -1.94. The van der Waals surface area contributed by atoms with Crippen LogP contribution >= 0.6 is 0 Å². The molecule has 0 aliphatic heterocycles. The van der Waals surface area contributed by atoms with Crippen LogP contribution in [0.2, 0.25) is 0 Å². The van der Waals surface area contributed by atoms with Crippen molar-refractivity contribution < 1.29 is 9.13 Å². The molecule has 4 heteroatoms. The highest BCUT2D eigenvalue weighted by Gasteiger charge is 2.01. The molecule has 0 bridgehead atoms. The average Bonchev–Trinajstić information content (AvgIpc) is 2.41. The number of anilines is 1. The molecule has 0 aliphatic carbocycles. The lowest BCUT2D eigenvalue weighted by Crippen LogP contribution is -2.00. The number of hydrogen-bond donors (Lipinski definition) is 1. The van der Waals surface area contributed by atoms with Gasteiger partial charge in [0.1, 0.15) is 11.6 Å². The van der Waals surface area contributed by atoms with E-state index in [2.05, 4.69) is 10.3 Å². The van der Waals surface area contributed by atoms with Crippen LogP contribution in [0, 0.1) is 5.82 Å². The van der Waals surface area contributed by atoms with Crippen LogP contribution in [0.5, 0.6) is 0 Å². The van der Waals surface area contributed by atoms with E-state index in [1.165, 1.54) is 6.07 Å². The van der Waals surface area contributed by atoms with Gasteiger partial charge in [-0.25, -0.2) is 9.37 Å². The first kappa shape index (κ1) is 12.5. The monoisotopic (exact) mass is 246 g/mol. The molecule has 0 spiro atoms. The molecule has 1 aromatic carbocycles. The lowest BCUT2D eigenvalue weighted by Gasteiger charge is -2.06. The second-order valence-electron chi connectivity index (χ2n) is 3.85. The fraction of sp³-hybridized carbons (Fsp3) is 0.214. The molecule has 1 N–H and O–H groups in total. The summed E-state index contributed by atoms with van der Waals surface area (Å²) in [4.78, 5) is 4.31. The topological polar surface area (TPSA) is 34.1 Å². The summed E-state index contributed by atoms with van der Waals surface area (Å²) in [7, 11) is 1.81. The Kier molecular flexibility index (Phi) is 4.25. The van der Waals surface area contributed by atoms with E-state index in [1.807, 2.05) is 25.2 Å². The van der Waals surface area contributed by atoms with Crippen molar-refractivity contribution in [1.29, 1.82) is 0 Å². The molecule has 2 aromatic rings. The maximum absolute atomic E-state index is 13.3. The molecular formula is C14H15FN2O. The Labute approximate surface area is 106 Å². The Balaban J connectivity index is 1.90. The van der Waals surface area contributed by atoms with Crippen molar-refractivity contribution in [3.05, 3.63) is 59.5 Å². The maximum atomic E-state index is 13.3. The number of halogens is 1. The number of benzene rings is 1. The summed E-state index contributed by atoms with van der Waals surface area (Å²) in [5.74, 6) is 0.552. The fourth-order valence-corrected chi connectivity index (χ4v) is 1.58. The minimum absolute atomic E-state index is 0.241. The van der Waals surface area contributed by atoms with Gasteiger partial charge in [-0.1, -0.05) is 24.3 Å². The minimum Gasteiger partial charge on any atom is -0.373 e. The minimum atomic E-state index is -0.241. The van der Waals surface area contributed by atoms with E-state index in [1.54, 1.807) is 18.2 Å². The number of ether oxygens (including phenoxy) is 1. The van der Waals surface area contributed by atoms with Gasteiger partial charge in [0.15, 0.2) is 0 Å². The molecule has 1 heterocycles. The summed E-state index contributed by atoms with van der Waals surface area (Å²) >= 11 is 0. The molecule has 0 saturated heterocycles. The van der Waals surface area contributed by atoms with Crippen molar-refractivity contribution in [1.82, 2.24) is 4.98 Å². The zero-order chi connectivity index (χ0) is 12.8. The van der Waals surface area contributed by atoms with Gasteiger partial charge in [0, 0.05) is 12.6 Å². The predicted molar refractivity (Wildman–Crippen MR) is 68.7 cm³/mol. The van der Waals surface area contributed by atoms with E-state index in [0.29, 0.717) is 12.2 Å². The normalized spacial score (nSPS) is 10.3. The zero-order valence-electron chi connectivity index (χ0n) is 10.2. The quantitative estimate of drug-likeness (QED) is 0.880. The number of aromatic nitrogens is 1. The summed E-state index contributed by atoms with van der Waals surface area (Å²) < 4.78 is 18.8. The third-order valence-corrected chi connectivity index (χ3v) is 2.53. The fourth-order valence-electron chi connectivity index (χ4n) is 1.58. The Morgan fingerprint density at radius 1 is 1.11 bits per heavy atom. The molecule has 94 valence electrons. The number of rotatable bonds is 5. The Morgan fingerprint density at radius 2 is 1.94 bits per heavy atom. The molecule has 0 saturated carbocycles. The van der Waals surface area contributed by atoms with Gasteiger partial charge in [-0.15, -0.1) is 0 Å². The second-order valence-corrected chi connectivity index (χ2v) is 3.85. The van der Waals surface area contributed by atoms with E-state index in [4.69, 9.17) is 4.74 Å². The summed E-state index contributed by atoms with van der Waals surface area (Å²) in [5.41, 5.74) is 1.38.